The predicted octanol–water partition coefficient (Wildman–Crippen LogP) is 6.99. The van der Waals surface area contributed by atoms with E-state index >= 15 is 0 Å². The number of rotatable bonds is 5. The first kappa shape index (κ1) is 21.9. The number of benzene rings is 2. The van der Waals surface area contributed by atoms with Crippen LogP contribution in [0.25, 0.3) is 5.69 Å². The maximum atomic E-state index is 12.8. The van der Waals surface area contributed by atoms with E-state index in [1.165, 1.54) is 16.0 Å². The van der Waals surface area contributed by atoms with Crippen LogP contribution < -0.4 is 5.56 Å². The highest BCUT2D eigenvalue weighted by atomic mass is 79.9. The Bertz CT molecular complexity index is 1430. The van der Waals surface area contributed by atoms with Crippen molar-refractivity contribution in [2.45, 2.75) is 6.92 Å². The van der Waals surface area contributed by atoms with Gasteiger partial charge in [0.15, 0.2) is 10.7 Å². The maximum absolute atomic E-state index is 12.8. The summed E-state index contributed by atoms with van der Waals surface area (Å²) in [5.74, 6) is 0. The number of hydrogen-bond donors (Lipinski definition) is 1. The number of aryl methyl sites for hydroxylation is 1. The van der Waals surface area contributed by atoms with E-state index in [1.807, 2.05) is 54.6 Å². The molecular formula is C22H14BrClN6OS. The standard InChI is InChI=1S/C22H14BrClN6OS/c1-13-20(22(31)30(29-13)16-5-3-2-4-6-16)27-28-21-17(11-25)19(24)18(32-21)12-26-15-9-7-14(23)8-10-15/h2-10,12,29H,1H3. The topological polar surface area (TPSA) is 98.7 Å². The number of aromatic amines is 1. The van der Waals surface area contributed by atoms with Gasteiger partial charge in [-0.2, -0.15) is 5.26 Å². The molecule has 0 radical (unpaired) electrons. The number of aromatic nitrogens is 2. The number of nitrogens with one attached hydrogen (secondary N) is 1. The van der Waals surface area contributed by atoms with Crippen molar-refractivity contribution in [3.05, 3.63) is 90.6 Å². The molecule has 0 amide bonds. The molecule has 32 heavy (non-hydrogen) atoms. The second-order valence-electron chi connectivity index (χ2n) is 6.57. The van der Waals surface area contributed by atoms with Crippen LogP contribution >= 0.6 is 38.9 Å². The number of hydrogen-bond acceptors (Lipinski definition) is 6. The first-order valence-electron chi connectivity index (χ1n) is 9.28. The third kappa shape index (κ3) is 4.48. The van der Waals surface area contributed by atoms with Crippen LogP contribution in [0.4, 0.5) is 16.4 Å². The Balaban J connectivity index is 1.66. The van der Waals surface area contributed by atoms with Gasteiger partial charge in [0.1, 0.15) is 11.6 Å². The minimum absolute atomic E-state index is 0.160. The average molecular weight is 526 g/mol. The number of para-hydroxylation sites is 1. The van der Waals surface area contributed by atoms with E-state index in [1.54, 1.807) is 13.1 Å². The van der Waals surface area contributed by atoms with Crippen LogP contribution in [0.3, 0.4) is 0 Å². The molecule has 158 valence electrons. The van der Waals surface area contributed by atoms with Crippen molar-refractivity contribution in [1.29, 1.82) is 5.26 Å². The Kier molecular flexibility index (Phi) is 6.46. The largest absolute Gasteiger partial charge is 0.299 e. The molecule has 0 aliphatic carbocycles. The third-order valence-electron chi connectivity index (χ3n) is 4.42. The molecule has 0 atom stereocenters. The van der Waals surface area contributed by atoms with Gasteiger partial charge in [0.25, 0.3) is 5.56 Å². The van der Waals surface area contributed by atoms with Gasteiger partial charge >= 0.3 is 0 Å². The Hall–Kier alpha value is -3.32. The lowest BCUT2D eigenvalue weighted by atomic mass is 10.3. The van der Waals surface area contributed by atoms with Gasteiger partial charge in [0, 0.05) is 10.7 Å². The molecule has 0 spiro atoms. The fourth-order valence-electron chi connectivity index (χ4n) is 2.84. The summed E-state index contributed by atoms with van der Waals surface area (Å²) in [6.07, 6.45) is 1.58. The zero-order chi connectivity index (χ0) is 22.7. The minimum atomic E-state index is -0.337. The molecule has 0 bridgehead atoms. The van der Waals surface area contributed by atoms with Gasteiger partial charge in [0.2, 0.25) is 0 Å². The predicted molar refractivity (Wildman–Crippen MR) is 131 cm³/mol. The first-order chi connectivity index (χ1) is 15.5. The molecule has 0 fully saturated rings. The summed E-state index contributed by atoms with van der Waals surface area (Å²) in [5.41, 5.74) is 1.99. The first-order valence-corrected chi connectivity index (χ1v) is 11.3. The molecule has 2 aromatic heterocycles. The number of aliphatic imine (C=N–C) groups is 1. The lowest BCUT2D eigenvalue weighted by Crippen LogP contribution is -2.13. The average Bonchev–Trinajstić information content (AvgIpc) is 3.27. The molecule has 2 aromatic carbocycles. The van der Waals surface area contributed by atoms with E-state index in [0.29, 0.717) is 21.3 Å². The molecular weight excluding hydrogens is 512 g/mol. The van der Waals surface area contributed by atoms with Crippen molar-refractivity contribution in [1.82, 2.24) is 9.78 Å². The molecule has 0 aliphatic rings. The zero-order valence-electron chi connectivity index (χ0n) is 16.6. The van der Waals surface area contributed by atoms with Gasteiger partial charge in [-0.15, -0.1) is 21.6 Å². The number of azo groups is 1. The molecule has 0 unspecified atom stereocenters. The fraction of sp³-hybridized carbons (Fsp3) is 0.0455. The zero-order valence-corrected chi connectivity index (χ0v) is 19.7. The van der Waals surface area contributed by atoms with E-state index in [2.05, 4.69) is 42.3 Å². The van der Waals surface area contributed by atoms with Crippen LogP contribution in [0.2, 0.25) is 5.02 Å². The highest BCUT2D eigenvalue weighted by molar-refractivity contribution is 9.10. The lowest BCUT2D eigenvalue weighted by Gasteiger charge is -1.99. The fourth-order valence-corrected chi connectivity index (χ4v) is 4.29. The van der Waals surface area contributed by atoms with E-state index < -0.39 is 0 Å². The molecule has 4 aromatic rings. The summed E-state index contributed by atoms with van der Waals surface area (Å²) in [7, 11) is 0. The van der Waals surface area contributed by atoms with E-state index in [-0.39, 0.29) is 21.8 Å². The van der Waals surface area contributed by atoms with Crippen molar-refractivity contribution in [2.75, 3.05) is 0 Å². The molecule has 1 N–H and O–H groups in total. The molecule has 0 aliphatic heterocycles. The van der Waals surface area contributed by atoms with Crippen LogP contribution in [-0.2, 0) is 0 Å². The van der Waals surface area contributed by atoms with Crippen LogP contribution in [0.15, 0.2) is 79.1 Å². The van der Waals surface area contributed by atoms with Gasteiger partial charge < -0.3 is 0 Å². The number of nitrogens with zero attached hydrogens (tertiary/aromatic N) is 5. The quantitative estimate of drug-likeness (QED) is 0.224. The van der Waals surface area contributed by atoms with E-state index in [0.717, 1.165) is 10.2 Å². The normalized spacial score (nSPS) is 11.4. The molecule has 10 heteroatoms. The summed E-state index contributed by atoms with van der Waals surface area (Å²) in [6.45, 7) is 1.73. The molecule has 7 nitrogen and oxygen atoms in total. The second kappa shape index (κ2) is 9.44. The molecule has 2 heterocycles. The highest BCUT2D eigenvalue weighted by Crippen LogP contribution is 2.38. The van der Waals surface area contributed by atoms with Gasteiger partial charge in [0.05, 0.1) is 27.0 Å². The Labute approximate surface area is 200 Å². The Morgan fingerprint density at radius 3 is 2.56 bits per heavy atom. The molecule has 4 rings (SSSR count). The Morgan fingerprint density at radius 2 is 1.88 bits per heavy atom. The SMILES string of the molecule is Cc1[nH]n(-c2ccccc2)c(=O)c1N=Nc1sc(C=Nc2ccc(Br)cc2)c(Cl)c1C#N. The number of H-pyrrole nitrogens is 1. The summed E-state index contributed by atoms with van der Waals surface area (Å²) < 4.78 is 2.35. The molecule has 0 saturated carbocycles. The van der Waals surface area contributed by atoms with Crippen LogP contribution in [0, 0.1) is 18.3 Å². The highest BCUT2D eigenvalue weighted by Gasteiger charge is 2.17. The monoisotopic (exact) mass is 524 g/mol. The van der Waals surface area contributed by atoms with Gasteiger partial charge in [-0.3, -0.25) is 14.9 Å². The smallest absolute Gasteiger partial charge is 0.293 e. The lowest BCUT2D eigenvalue weighted by molar-refractivity contribution is 0.835. The minimum Gasteiger partial charge on any atom is -0.293 e. The van der Waals surface area contributed by atoms with Crippen molar-refractivity contribution in [3.63, 3.8) is 0 Å². The van der Waals surface area contributed by atoms with Gasteiger partial charge in [-0.25, -0.2) is 4.68 Å². The summed E-state index contributed by atoms with van der Waals surface area (Å²) in [4.78, 5) is 17.8. The summed E-state index contributed by atoms with van der Waals surface area (Å²) >= 11 is 10.9. The summed E-state index contributed by atoms with van der Waals surface area (Å²) in [5, 5.41) is 21.4. The van der Waals surface area contributed by atoms with Crippen molar-refractivity contribution >= 4 is 61.5 Å². The van der Waals surface area contributed by atoms with Crippen molar-refractivity contribution in [3.8, 4) is 11.8 Å². The number of thiophene rings is 1. The number of nitriles is 1. The second-order valence-corrected chi connectivity index (χ2v) is 8.89. The van der Waals surface area contributed by atoms with Crippen molar-refractivity contribution < 1.29 is 0 Å². The molecule has 0 saturated heterocycles. The number of halogens is 2. The van der Waals surface area contributed by atoms with E-state index in [9.17, 15) is 10.1 Å². The van der Waals surface area contributed by atoms with Crippen LogP contribution in [0.1, 0.15) is 16.1 Å². The van der Waals surface area contributed by atoms with Gasteiger partial charge in [-0.05, 0) is 43.3 Å². The van der Waals surface area contributed by atoms with Gasteiger partial charge in [-0.1, -0.05) is 45.7 Å². The maximum Gasteiger partial charge on any atom is 0.299 e. The summed E-state index contributed by atoms with van der Waals surface area (Å²) in [6, 6.07) is 18.7. The third-order valence-corrected chi connectivity index (χ3v) is 6.46. The van der Waals surface area contributed by atoms with Crippen LogP contribution in [-0.4, -0.2) is 16.0 Å². The van der Waals surface area contributed by atoms with E-state index in [4.69, 9.17) is 11.6 Å². The Morgan fingerprint density at radius 1 is 1.16 bits per heavy atom. The van der Waals surface area contributed by atoms with Crippen molar-refractivity contribution in [2.24, 2.45) is 15.2 Å². The van der Waals surface area contributed by atoms with Crippen LogP contribution in [0.5, 0.6) is 0 Å².